The number of carbonyl (C=O) groups excluding carboxylic acids is 1. The van der Waals surface area contributed by atoms with Crippen molar-refractivity contribution in [2.75, 3.05) is 6.61 Å². The van der Waals surface area contributed by atoms with Gasteiger partial charge in [-0.2, -0.15) is 26.3 Å². The maximum atomic E-state index is 12.8. The summed E-state index contributed by atoms with van der Waals surface area (Å²) in [5.74, 6) is -0.268. The van der Waals surface area contributed by atoms with Crippen LogP contribution in [0.4, 0.5) is 26.3 Å². The fourth-order valence-electron chi connectivity index (χ4n) is 3.29. The van der Waals surface area contributed by atoms with Gasteiger partial charge in [0.25, 0.3) is 6.47 Å². The van der Waals surface area contributed by atoms with Gasteiger partial charge in [0, 0.05) is 11.1 Å². The van der Waals surface area contributed by atoms with E-state index in [9.17, 15) is 31.1 Å². The lowest BCUT2D eigenvalue weighted by atomic mass is 9.74. The van der Waals surface area contributed by atoms with Gasteiger partial charge >= 0.3 is 12.4 Å². The van der Waals surface area contributed by atoms with Crippen LogP contribution in [-0.2, 0) is 21.3 Å². The number of rotatable bonds is 6. The lowest BCUT2D eigenvalue weighted by molar-refractivity contribution is -0.155. The van der Waals surface area contributed by atoms with Crippen molar-refractivity contribution in [3.63, 3.8) is 0 Å². The van der Waals surface area contributed by atoms with Gasteiger partial charge in [-0.25, -0.2) is 0 Å². The van der Waals surface area contributed by atoms with Crippen molar-refractivity contribution in [1.29, 1.82) is 0 Å². The number of halogens is 7. The lowest BCUT2D eigenvalue weighted by Crippen LogP contribution is -2.37. The van der Waals surface area contributed by atoms with Crippen molar-refractivity contribution in [3.05, 3.63) is 52.5 Å². The van der Waals surface area contributed by atoms with E-state index in [-0.39, 0.29) is 28.4 Å². The summed E-state index contributed by atoms with van der Waals surface area (Å²) < 4.78 is 86.8. The summed E-state index contributed by atoms with van der Waals surface area (Å²) in [4.78, 5) is 10.9. The van der Waals surface area contributed by atoms with Crippen molar-refractivity contribution in [3.8, 4) is 16.9 Å². The number of benzene rings is 2. The molecule has 1 aliphatic rings. The van der Waals surface area contributed by atoms with Gasteiger partial charge in [0.15, 0.2) is 6.61 Å². The monoisotopic (exact) mass is 452 g/mol. The topological polar surface area (TPSA) is 35.5 Å². The van der Waals surface area contributed by atoms with Gasteiger partial charge in [-0.3, -0.25) is 4.79 Å². The quantitative estimate of drug-likeness (QED) is 0.370. The molecule has 0 heterocycles. The second-order valence-corrected chi connectivity index (χ2v) is 7.28. The van der Waals surface area contributed by atoms with Crippen LogP contribution in [0.5, 0.6) is 5.75 Å². The molecule has 1 fully saturated rings. The van der Waals surface area contributed by atoms with E-state index in [2.05, 4.69) is 0 Å². The van der Waals surface area contributed by atoms with Gasteiger partial charge in [0.2, 0.25) is 0 Å². The summed E-state index contributed by atoms with van der Waals surface area (Å²) in [5, 5.41) is -0.0368. The molecule has 162 valence electrons. The molecule has 0 bridgehead atoms. The SMILES string of the molecule is O=COC1(c2cc(Cl)c(-c3ccc(C(F)(F)F)cc3)c(OCC(F)(F)F)c2)CCC1. The van der Waals surface area contributed by atoms with Gasteiger partial charge < -0.3 is 9.47 Å². The highest BCUT2D eigenvalue weighted by atomic mass is 35.5. The minimum absolute atomic E-state index is 0.0129. The number of alkyl halides is 6. The molecule has 0 saturated heterocycles. The Morgan fingerprint density at radius 1 is 1.03 bits per heavy atom. The van der Waals surface area contributed by atoms with Gasteiger partial charge in [-0.15, -0.1) is 0 Å². The molecular formula is C20H15ClF6O3. The number of ether oxygens (including phenoxy) is 2. The first-order valence-corrected chi connectivity index (χ1v) is 9.16. The van der Waals surface area contributed by atoms with E-state index in [4.69, 9.17) is 21.1 Å². The summed E-state index contributed by atoms with van der Waals surface area (Å²) in [6.45, 7) is -1.37. The van der Waals surface area contributed by atoms with E-state index in [1.165, 1.54) is 12.1 Å². The number of carbonyl (C=O) groups is 1. The van der Waals surface area contributed by atoms with Crippen LogP contribution in [0.2, 0.25) is 5.02 Å². The minimum Gasteiger partial charge on any atom is -0.483 e. The molecule has 0 atom stereocenters. The Bertz CT molecular complexity index is 918. The van der Waals surface area contributed by atoms with E-state index in [1.807, 2.05) is 0 Å². The van der Waals surface area contributed by atoms with E-state index in [0.717, 1.165) is 30.7 Å². The Labute approximate surface area is 172 Å². The fraction of sp³-hybridized carbons (Fsp3) is 0.350. The second kappa shape index (κ2) is 8.02. The maximum Gasteiger partial charge on any atom is 0.422 e. The summed E-state index contributed by atoms with van der Waals surface area (Å²) in [5.41, 5.74) is -1.40. The molecule has 0 spiro atoms. The van der Waals surface area contributed by atoms with Crippen molar-refractivity contribution in [2.24, 2.45) is 0 Å². The first-order chi connectivity index (χ1) is 14.0. The highest BCUT2D eigenvalue weighted by Crippen LogP contribution is 2.49. The molecule has 3 nitrogen and oxygen atoms in total. The van der Waals surface area contributed by atoms with Crippen LogP contribution in [0.1, 0.15) is 30.4 Å². The summed E-state index contributed by atoms with van der Waals surface area (Å²) in [6.07, 6.45) is -7.55. The van der Waals surface area contributed by atoms with Gasteiger partial charge in [0.1, 0.15) is 11.4 Å². The van der Waals surface area contributed by atoms with Crippen LogP contribution < -0.4 is 4.74 Å². The molecule has 1 saturated carbocycles. The largest absolute Gasteiger partial charge is 0.483 e. The van der Waals surface area contributed by atoms with Crippen LogP contribution in [0.25, 0.3) is 11.1 Å². The molecule has 3 rings (SSSR count). The van der Waals surface area contributed by atoms with Gasteiger partial charge in [-0.1, -0.05) is 23.7 Å². The van der Waals surface area contributed by atoms with Crippen LogP contribution in [0, 0.1) is 0 Å². The molecule has 0 aliphatic heterocycles. The Morgan fingerprint density at radius 3 is 2.13 bits per heavy atom. The first kappa shape index (κ1) is 22.3. The fourth-order valence-corrected chi connectivity index (χ4v) is 3.61. The zero-order valence-corrected chi connectivity index (χ0v) is 16.0. The zero-order valence-electron chi connectivity index (χ0n) is 15.2. The Balaban J connectivity index is 2.08. The molecule has 0 unspecified atom stereocenters. The lowest BCUT2D eigenvalue weighted by Gasteiger charge is -2.40. The molecule has 10 heteroatoms. The molecule has 0 N–H and O–H groups in total. The first-order valence-electron chi connectivity index (χ1n) is 8.78. The molecule has 0 aromatic heterocycles. The molecule has 2 aromatic carbocycles. The molecule has 0 radical (unpaired) electrons. The predicted octanol–water partition coefficient (Wildman–Crippen LogP) is 6.52. The van der Waals surface area contributed by atoms with Crippen LogP contribution in [-0.4, -0.2) is 19.3 Å². The Morgan fingerprint density at radius 2 is 1.67 bits per heavy atom. The average Bonchev–Trinajstić information content (AvgIpc) is 2.61. The molecular weight excluding hydrogens is 438 g/mol. The van der Waals surface area contributed by atoms with Crippen LogP contribution in [0.15, 0.2) is 36.4 Å². The smallest absolute Gasteiger partial charge is 0.422 e. The molecule has 2 aromatic rings. The highest BCUT2D eigenvalue weighted by Gasteiger charge is 2.42. The zero-order chi connectivity index (χ0) is 22.2. The highest BCUT2D eigenvalue weighted by molar-refractivity contribution is 6.33. The third-order valence-corrected chi connectivity index (χ3v) is 5.21. The van der Waals surface area contributed by atoms with E-state index < -0.39 is 30.1 Å². The molecule has 0 amide bonds. The van der Waals surface area contributed by atoms with E-state index in [0.29, 0.717) is 18.4 Å². The Hall–Kier alpha value is -2.42. The summed E-state index contributed by atoms with van der Waals surface area (Å²) in [7, 11) is 0. The van der Waals surface area contributed by atoms with Crippen LogP contribution in [0.3, 0.4) is 0 Å². The van der Waals surface area contributed by atoms with E-state index in [1.54, 1.807) is 0 Å². The van der Waals surface area contributed by atoms with E-state index >= 15 is 0 Å². The van der Waals surface area contributed by atoms with Crippen molar-refractivity contribution >= 4 is 18.1 Å². The summed E-state index contributed by atoms with van der Waals surface area (Å²) >= 11 is 6.31. The third kappa shape index (κ3) is 4.66. The molecule has 1 aliphatic carbocycles. The normalized spacial score (nSPS) is 16.0. The minimum atomic E-state index is -4.65. The number of hydrogen-bond acceptors (Lipinski definition) is 3. The maximum absolute atomic E-state index is 12.8. The standard InChI is InChI=1S/C20H15ClF6O3/c21-15-8-14(18(30-11-28)6-1-7-18)9-16(29-10-19(22,23)24)17(15)12-2-4-13(5-3-12)20(25,26)27/h2-5,8-9,11H,1,6-7,10H2. The van der Waals surface area contributed by atoms with Gasteiger partial charge in [0.05, 0.1) is 10.6 Å². The Kier molecular flexibility index (Phi) is 5.95. The van der Waals surface area contributed by atoms with Crippen molar-refractivity contribution in [2.45, 2.75) is 37.2 Å². The number of hydrogen-bond donors (Lipinski definition) is 0. The van der Waals surface area contributed by atoms with Crippen molar-refractivity contribution in [1.82, 2.24) is 0 Å². The predicted molar refractivity (Wildman–Crippen MR) is 96.1 cm³/mol. The van der Waals surface area contributed by atoms with Gasteiger partial charge in [-0.05, 0) is 49.1 Å². The summed E-state index contributed by atoms with van der Waals surface area (Å²) in [6, 6.07) is 6.52. The second-order valence-electron chi connectivity index (χ2n) is 6.87. The molecule has 30 heavy (non-hydrogen) atoms. The van der Waals surface area contributed by atoms with Crippen molar-refractivity contribution < 1.29 is 40.6 Å². The average molecular weight is 453 g/mol. The van der Waals surface area contributed by atoms with Crippen LogP contribution >= 0.6 is 11.6 Å². The third-order valence-electron chi connectivity index (χ3n) is 4.91.